The maximum atomic E-state index is 11.5. The zero-order chi connectivity index (χ0) is 18.6. The Morgan fingerprint density at radius 3 is 2.24 bits per heavy atom. The Morgan fingerprint density at radius 2 is 1.68 bits per heavy atom. The SMILES string of the molecule is C/C(=N\NC(=S)Nc1ccc(C)c(C)c1)c1ccc(S(C)(=O)=O)cc1. The van der Waals surface area contributed by atoms with Gasteiger partial charge in [-0.1, -0.05) is 18.2 Å². The second kappa shape index (κ2) is 7.76. The van der Waals surface area contributed by atoms with Crippen LogP contribution in [0.1, 0.15) is 23.6 Å². The molecule has 0 amide bonds. The van der Waals surface area contributed by atoms with E-state index in [1.165, 1.54) is 17.4 Å². The van der Waals surface area contributed by atoms with Gasteiger partial charge in [-0.05, 0) is 73.9 Å². The highest BCUT2D eigenvalue weighted by Crippen LogP contribution is 2.14. The number of nitrogens with one attached hydrogen (secondary N) is 2. The monoisotopic (exact) mass is 375 g/mol. The summed E-state index contributed by atoms with van der Waals surface area (Å²) in [5, 5.41) is 7.70. The number of nitrogens with zero attached hydrogens (tertiary/aromatic N) is 1. The van der Waals surface area contributed by atoms with E-state index in [-0.39, 0.29) is 4.90 Å². The van der Waals surface area contributed by atoms with Crippen LogP contribution >= 0.6 is 12.2 Å². The first kappa shape index (κ1) is 19.1. The standard InChI is InChI=1S/C18H21N3O2S2/c1-12-5-8-16(11-13(12)2)19-18(24)21-20-14(3)15-6-9-17(10-7-15)25(4,22)23/h5-11H,1-4H3,(H2,19,21,24)/b20-14+. The second-order valence-corrected chi connectivity index (χ2v) is 8.28. The van der Waals surface area contributed by atoms with Crippen LogP contribution in [0, 0.1) is 13.8 Å². The van der Waals surface area contributed by atoms with E-state index >= 15 is 0 Å². The Hall–Kier alpha value is -2.25. The van der Waals surface area contributed by atoms with E-state index in [2.05, 4.69) is 22.8 Å². The highest BCUT2D eigenvalue weighted by molar-refractivity contribution is 7.90. The summed E-state index contributed by atoms with van der Waals surface area (Å²) >= 11 is 5.24. The van der Waals surface area contributed by atoms with Crippen molar-refractivity contribution in [2.45, 2.75) is 25.7 Å². The number of sulfone groups is 1. The van der Waals surface area contributed by atoms with Crippen molar-refractivity contribution in [2.75, 3.05) is 11.6 Å². The molecule has 0 aliphatic heterocycles. The summed E-state index contributed by atoms with van der Waals surface area (Å²) in [5.41, 5.74) is 7.60. The molecule has 0 aliphatic rings. The predicted molar refractivity (Wildman–Crippen MR) is 107 cm³/mol. The first-order valence-corrected chi connectivity index (χ1v) is 9.96. The van der Waals surface area contributed by atoms with Crippen molar-refractivity contribution in [3.8, 4) is 0 Å². The molecule has 0 spiro atoms. The van der Waals surface area contributed by atoms with Gasteiger partial charge in [-0.3, -0.25) is 5.43 Å². The molecule has 2 aromatic carbocycles. The minimum atomic E-state index is -3.20. The van der Waals surface area contributed by atoms with Crippen LogP contribution in [0.2, 0.25) is 0 Å². The van der Waals surface area contributed by atoms with Crippen molar-refractivity contribution in [1.29, 1.82) is 0 Å². The lowest BCUT2D eigenvalue weighted by atomic mass is 10.1. The minimum Gasteiger partial charge on any atom is -0.331 e. The van der Waals surface area contributed by atoms with Crippen LogP contribution in [0.5, 0.6) is 0 Å². The molecule has 25 heavy (non-hydrogen) atoms. The lowest BCUT2D eigenvalue weighted by Gasteiger charge is -2.10. The van der Waals surface area contributed by atoms with E-state index in [4.69, 9.17) is 12.2 Å². The summed E-state index contributed by atoms with van der Waals surface area (Å²) in [6, 6.07) is 12.6. The number of anilines is 1. The Bertz CT molecular complexity index is 918. The fourth-order valence-corrected chi connectivity index (χ4v) is 2.91. The van der Waals surface area contributed by atoms with Gasteiger partial charge in [0.15, 0.2) is 14.9 Å². The lowest BCUT2D eigenvalue weighted by molar-refractivity contribution is 0.602. The van der Waals surface area contributed by atoms with Crippen LogP contribution in [-0.2, 0) is 9.84 Å². The molecule has 0 bridgehead atoms. The average Bonchev–Trinajstić information content (AvgIpc) is 2.55. The van der Waals surface area contributed by atoms with Crippen LogP contribution < -0.4 is 10.7 Å². The molecule has 0 saturated heterocycles. The van der Waals surface area contributed by atoms with E-state index in [0.29, 0.717) is 10.8 Å². The van der Waals surface area contributed by atoms with Gasteiger partial charge >= 0.3 is 0 Å². The number of benzene rings is 2. The van der Waals surface area contributed by atoms with E-state index in [0.717, 1.165) is 11.3 Å². The van der Waals surface area contributed by atoms with Gasteiger partial charge in [-0.2, -0.15) is 5.10 Å². The predicted octanol–water partition coefficient (Wildman–Crippen LogP) is 3.42. The maximum absolute atomic E-state index is 11.5. The van der Waals surface area contributed by atoms with Crippen molar-refractivity contribution in [1.82, 2.24) is 5.43 Å². The maximum Gasteiger partial charge on any atom is 0.191 e. The Kier molecular flexibility index (Phi) is 5.92. The first-order valence-electron chi connectivity index (χ1n) is 7.66. The molecule has 2 rings (SSSR count). The molecule has 0 saturated carbocycles. The van der Waals surface area contributed by atoms with Crippen LogP contribution in [0.15, 0.2) is 52.5 Å². The summed E-state index contributed by atoms with van der Waals surface area (Å²) in [4.78, 5) is 0.281. The van der Waals surface area contributed by atoms with Crippen LogP contribution in [0.4, 0.5) is 5.69 Å². The summed E-state index contributed by atoms with van der Waals surface area (Å²) < 4.78 is 23.0. The summed E-state index contributed by atoms with van der Waals surface area (Å²) in [5.74, 6) is 0. The zero-order valence-electron chi connectivity index (χ0n) is 14.6. The molecule has 0 fully saturated rings. The molecule has 2 aromatic rings. The molecule has 0 radical (unpaired) electrons. The lowest BCUT2D eigenvalue weighted by Crippen LogP contribution is -2.25. The van der Waals surface area contributed by atoms with Gasteiger partial charge < -0.3 is 5.32 Å². The highest BCUT2D eigenvalue weighted by Gasteiger charge is 2.07. The van der Waals surface area contributed by atoms with Gasteiger partial charge in [0.2, 0.25) is 0 Å². The summed E-state index contributed by atoms with van der Waals surface area (Å²) in [6.07, 6.45) is 1.18. The van der Waals surface area contributed by atoms with E-state index in [1.807, 2.05) is 32.0 Å². The quantitative estimate of drug-likeness (QED) is 0.487. The molecular weight excluding hydrogens is 354 g/mol. The van der Waals surface area contributed by atoms with Gasteiger partial charge in [-0.25, -0.2) is 8.42 Å². The molecule has 2 N–H and O–H groups in total. The van der Waals surface area contributed by atoms with Gasteiger partial charge in [0.25, 0.3) is 0 Å². The molecule has 0 heterocycles. The Morgan fingerprint density at radius 1 is 1.04 bits per heavy atom. The van der Waals surface area contributed by atoms with Crippen molar-refractivity contribution in [2.24, 2.45) is 5.10 Å². The topological polar surface area (TPSA) is 70.6 Å². The van der Waals surface area contributed by atoms with Gasteiger partial charge in [0.05, 0.1) is 10.6 Å². The number of hydrogen-bond donors (Lipinski definition) is 2. The molecule has 0 aliphatic carbocycles. The minimum absolute atomic E-state index is 0.281. The summed E-state index contributed by atoms with van der Waals surface area (Å²) in [7, 11) is -3.20. The van der Waals surface area contributed by atoms with Crippen molar-refractivity contribution < 1.29 is 8.42 Å². The average molecular weight is 376 g/mol. The third-order valence-electron chi connectivity index (χ3n) is 3.79. The Balaban J connectivity index is 2.02. The highest BCUT2D eigenvalue weighted by atomic mass is 32.2. The van der Waals surface area contributed by atoms with Crippen molar-refractivity contribution in [3.63, 3.8) is 0 Å². The number of hydrazone groups is 1. The number of thiocarbonyl (C=S) groups is 1. The largest absolute Gasteiger partial charge is 0.331 e. The fraction of sp³-hybridized carbons (Fsp3) is 0.222. The van der Waals surface area contributed by atoms with Crippen LogP contribution in [0.25, 0.3) is 0 Å². The Labute approximate surface area is 154 Å². The van der Waals surface area contributed by atoms with E-state index in [9.17, 15) is 8.42 Å². The van der Waals surface area contributed by atoms with Crippen LogP contribution in [-0.4, -0.2) is 25.5 Å². The molecule has 0 unspecified atom stereocenters. The number of rotatable bonds is 4. The zero-order valence-corrected chi connectivity index (χ0v) is 16.3. The second-order valence-electron chi connectivity index (χ2n) is 5.86. The van der Waals surface area contributed by atoms with E-state index in [1.54, 1.807) is 24.3 Å². The fourth-order valence-electron chi connectivity index (χ4n) is 2.12. The van der Waals surface area contributed by atoms with Gasteiger partial charge in [0.1, 0.15) is 0 Å². The van der Waals surface area contributed by atoms with Gasteiger partial charge in [0, 0.05) is 11.9 Å². The van der Waals surface area contributed by atoms with Gasteiger partial charge in [-0.15, -0.1) is 0 Å². The van der Waals surface area contributed by atoms with Crippen molar-refractivity contribution in [3.05, 3.63) is 59.2 Å². The van der Waals surface area contributed by atoms with Crippen LogP contribution in [0.3, 0.4) is 0 Å². The van der Waals surface area contributed by atoms with Crippen molar-refractivity contribution >= 4 is 38.6 Å². The summed E-state index contributed by atoms with van der Waals surface area (Å²) in [6.45, 7) is 5.92. The molecule has 132 valence electrons. The molecular formula is C18H21N3O2S2. The van der Waals surface area contributed by atoms with E-state index < -0.39 is 9.84 Å². The molecule has 0 atom stereocenters. The normalized spacial score (nSPS) is 11.9. The molecule has 0 aromatic heterocycles. The third-order valence-corrected chi connectivity index (χ3v) is 5.11. The third kappa shape index (κ3) is 5.37. The molecule has 7 heteroatoms. The number of hydrogen-bond acceptors (Lipinski definition) is 4. The molecule has 5 nitrogen and oxygen atoms in total. The first-order chi connectivity index (χ1) is 11.7. The number of aryl methyl sites for hydroxylation is 2. The smallest absolute Gasteiger partial charge is 0.191 e.